The van der Waals surface area contributed by atoms with Crippen LogP contribution in [0, 0.1) is 10.1 Å². The van der Waals surface area contributed by atoms with Gasteiger partial charge in [0.25, 0.3) is 5.91 Å². The lowest BCUT2D eigenvalue weighted by atomic mass is 10.1. The fraction of sp³-hybridized carbons (Fsp3) is 0.261. The minimum absolute atomic E-state index is 0.0642. The Bertz CT molecular complexity index is 1300. The van der Waals surface area contributed by atoms with Crippen molar-refractivity contribution >= 4 is 28.5 Å². The van der Waals surface area contributed by atoms with Crippen LogP contribution in [0.25, 0.3) is 11.0 Å². The number of fused-ring (bicyclic) bond motifs is 1. The van der Waals surface area contributed by atoms with Crippen molar-refractivity contribution in [3.8, 4) is 11.5 Å². The summed E-state index contributed by atoms with van der Waals surface area (Å²) in [6, 6.07) is 11.3. The molecule has 1 amide bonds. The van der Waals surface area contributed by atoms with Crippen LogP contribution in [0.5, 0.6) is 11.5 Å². The van der Waals surface area contributed by atoms with Crippen LogP contribution in [0.2, 0.25) is 0 Å². The summed E-state index contributed by atoms with van der Waals surface area (Å²) < 4.78 is 21.0. The number of esters is 1. The van der Waals surface area contributed by atoms with Crippen molar-refractivity contribution in [3.63, 3.8) is 0 Å². The van der Waals surface area contributed by atoms with Gasteiger partial charge in [-0.15, -0.1) is 0 Å². The molecule has 1 atom stereocenters. The number of carbonyl (C=O) groups is 2. The molecule has 3 aromatic rings. The maximum absolute atomic E-state index is 12.4. The Kier molecular flexibility index (Phi) is 6.83. The number of hydrogen-bond acceptors (Lipinski definition) is 9. The van der Waals surface area contributed by atoms with E-state index in [2.05, 4.69) is 5.32 Å². The van der Waals surface area contributed by atoms with Gasteiger partial charge in [-0.2, -0.15) is 0 Å². The number of ether oxygens (including phenoxy) is 3. The predicted octanol–water partition coefficient (Wildman–Crippen LogP) is 2.59. The number of amides is 1. The second-order valence-electron chi connectivity index (χ2n) is 7.48. The molecule has 11 nitrogen and oxygen atoms in total. The first-order valence-electron chi connectivity index (χ1n) is 10.5. The zero-order valence-electron chi connectivity index (χ0n) is 17.9. The predicted molar refractivity (Wildman–Crippen MR) is 118 cm³/mol. The van der Waals surface area contributed by atoms with E-state index >= 15 is 0 Å². The minimum Gasteiger partial charge on any atom is -0.475 e. The first-order chi connectivity index (χ1) is 16.4. The maximum atomic E-state index is 12.4. The van der Waals surface area contributed by atoms with E-state index in [1.54, 1.807) is 0 Å². The van der Waals surface area contributed by atoms with Crippen LogP contribution in [-0.2, 0) is 9.53 Å². The highest BCUT2D eigenvalue weighted by atomic mass is 16.6. The highest BCUT2D eigenvalue weighted by molar-refractivity contribution is 5.96. The average Bonchev–Trinajstić information content (AvgIpc) is 3.34. The molecule has 34 heavy (non-hydrogen) atoms. The van der Waals surface area contributed by atoms with E-state index in [1.807, 2.05) is 0 Å². The van der Waals surface area contributed by atoms with Gasteiger partial charge in [0, 0.05) is 30.7 Å². The van der Waals surface area contributed by atoms with Crippen LogP contribution in [0.15, 0.2) is 57.7 Å². The van der Waals surface area contributed by atoms with Gasteiger partial charge in [0.05, 0.1) is 11.0 Å². The molecule has 1 fully saturated rings. The Morgan fingerprint density at radius 3 is 2.76 bits per heavy atom. The summed E-state index contributed by atoms with van der Waals surface area (Å²) in [6.45, 7) is 0.389. The molecule has 0 bridgehead atoms. The SMILES string of the molecule is O=C(COc1ccccc1[N+](=O)[O-])Oc1ccc2cc(C(=O)NCC3CCCO3)c(=O)oc2c1. The molecule has 1 unspecified atom stereocenters. The normalized spacial score (nSPS) is 15.1. The molecule has 0 saturated carbocycles. The maximum Gasteiger partial charge on any atom is 0.349 e. The van der Waals surface area contributed by atoms with Crippen molar-refractivity contribution in [1.82, 2.24) is 5.32 Å². The smallest absolute Gasteiger partial charge is 0.349 e. The zero-order chi connectivity index (χ0) is 24.1. The van der Waals surface area contributed by atoms with Gasteiger partial charge in [-0.05, 0) is 37.1 Å². The first-order valence-corrected chi connectivity index (χ1v) is 10.5. The van der Waals surface area contributed by atoms with E-state index in [0.717, 1.165) is 12.8 Å². The summed E-state index contributed by atoms with van der Waals surface area (Å²) in [5.41, 5.74) is -1.14. The summed E-state index contributed by atoms with van der Waals surface area (Å²) in [6.07, 6.45) is 1.72. The molecule has 176 valence electrons. The number of benzene rings is 2. The number of nitro groups is 1. The van der Waals surface area contributed by atoms with Crippen molar-refractivity contribution in [2.45, 2.75) is 18.9 Å². The van der Waals surface area contributed by atoms with Crippen LogP contribution >= 0.6 is 0 Å². The number of nitrogens with zero attached hydrogens (tertiary/aromatic N) is 1. The molecule has 2 aromatic carbocycles. The zero-order valence-corrected chi connectivity index (χ0v) is 17.9. The Balaban J connectivity index is 1.40. The lowest BCUT2D eigenvalue weighted by Crippen LogP contribution is -2.34. The summed E-state index contributed by atoms with van der Waals surface area (Å²) in [5.74, 6) is -1.37. The van der Waals surface area contributed by atoms with Crippen molar-refractivity contribution in [2.24, 2.45) is 0 Å². The largest absolute Gasteiger partial charge is 0.475 e. The lowest BCUT2D eigenvalue weighted by molar-refractivity contribution is -0.385. The van der Waals surface area contributed by atoms with Crippen LogP contribution in [-0.4, -0.2) is 42.7 Å². The third-order valence-electron chi connectivity index (χ3n) is 5.11. The third kappa shape index (κ3) is 5.38. The molecule has 1 saturated heterocycles. The van der Waals surface area contributed by atoms with Gasteiger partial charge in [-0.1, -0.05) is 12.1 Å². The van der Waals surface area contributed by atoms with Gasteiger partial charge in [-0.3, -0.25) is 14.9 Å². The van der Waals surface area contributed by atoms with Crippen LogP contribution in [0.3, 0.4) is 0 Å². The second-order valence-corrected chi connectivity index (χ2v) is 7.48. The van der Waals surface area contributed by atoms with E-state index < -0.39 is 29.0 Å². The molecule has 1 aliphatic rings. The van der Waals surface area contributed by atoms with E-state index in [-0.39, 0.29) is 34.4 Å². The Hall–Kier alpha value is -4.25. The van der Waals surface area contributed by atoms with Gasteiger partial charge in [0.2, 0.25) is 0 Å². The number of nitrogens with one attached hydrogen (secondary N) is 1. The summed E-state index contributed by atoms with van der Waals surface area (Å²) in [7, 11) is 0. The first kappa shape index (κ1) is 22.9. The Morgan fingerprint density at radius 1 is 1.18 bits per heavy atom. The average molecular weight is 468 g/mol. The van der Waals surface area contributed by atoms with Crippen molar-refractivity contribution < 1.29 is 33.1 Å². The van der Waals surface area contributed by atoms with Gasteiger partial charge in [-0.25, -0.2) is 9.59 Å². The highest BCUT2D eigenvalue weighted by Crippen LogP contribution is 2.26. The summed E-state index contributed by atoms with van der Waals surface area (Å²) in [5, 5.41) is 14.1. The number of rotatable bonds is 8. The van der Waals surface area contributed by atoms with E-state index in [0.29, 0.717) is 18.5 Å². The molecule has 1 aromatic heterocycles. The second kappa shape index (κ2) is 10.1. The van der Waals surface area contributed by atoms with Crippen molar-refractivity contribution in [3.05, 3.63) is 74.6 Å². The molecule has 0 aliphatic carbocycles. The van der Waals surface area contributed by atoms with Gasteiger partial charge in [0.1, 0.15) is 16.9 Å². The molecule has 0 radical (unpaired) electrons. The fourth-order valence-corrected chi connectivity index (χ4v) is 3.45. The molecular formula is C23H20N2O9. The number of para-hydroxylation sites is 2. The summed E-state index contributed by atoms with van der Waals surface area (Å²) in [4.78, 5) is 47.2. The van der Waals surface area contributed by atoms with Crippen LogP contribution < -0.4 is 20.4 Å². The quantitative estimate of drug-likeness (QED) is 0.173. The molecule has 0 spiro atoms. The monoisotopic (exact) mass is 468 g/mol. The van der Waals surface area contributed by atoms with Crippen molar-refractivity contribution in [2.75, 3.05) is 19.8 Å². The minimum atomic E-state index is -0.833. The molecule has 1 N–H and O–H groups in total. The number of carbonyl (C=O) groups excluding carboxylic acids is 2. The molecule has 4 rings (SSSR count). The number of hydrogen-bond donors (Lipinski definition) is 1. The molecular weight excluding hydrogens is 448 g/mol. The topological polar surface area (TPSA) is 147 Å². The van der Waals surface area contributed by atoms with Crippen LogP contribution in [0.4, 0.5) is 5.69 Å². The Morgan fingerprint density at radius 2 is 2.00 bits per heavy atom. The Labute approximate surface area is 192 Å². The molecule has 11 heteroatoms. The fourth-order valence-electron chi connectivity index (χ4n) is 3.45. The molecule has 1 aliphatic heterocycles. The van der Waals surface area contributed by atoms with E-state index in [9.17, 15) is 24.5 Å². The van der Waals surface area contributed by atoms with Gasteiger partial charge in [0.15, 0.2) is 12.4 Å². The summed E-state index contributed by atoms with van der Waals surface area (Å²) >= 11 is 0. The standard InChI is InChI=1S/C23H20N2O9/c26-21(13-32-19-6-2-1-5-18(19)25(29)30)33-15-8-7-14-10-17(23(28)34-20(14)11-15)22(27)24-12-16-4-3-9-31-16/h1-2,5-8,10-11,16H,3-4,9,12-13H2,(H,24,27). The number of nitro benzene ring substituents is 1. The van der Waals surface area contributed by atoms with Gasteiger partial charge < -0.3 is 23.9 Å². The molecule has 2 heterocycles. The highest BCUT2D eigenvalue weighted by Gasteiger charge is 2.20. The van der Waals surface area contributed by atoms with Crippen LogP contribution in [0.1, 0.15) is 23.2 Å². The van der Waals surface area contributed by atoms with Crippen molar-refractivity contribution in [1.29, 1.82) is 0 Å². The lowest BCUT2D eigenvalue weighted by Gasteiger charge is -2.10. The van der Waals surface area contributed by atoms with E-state index in [4.69, 9.17) is 18.6 Å². The van der Waals surface area contributed by atoms with E-state index in [1.165, 1.54) is 48.5 Å². The third-order valence-corrected chi connectivity index (χ3v) is 5.11. The van der Waals surface area contributed by atoms with Gasteiger partial charge >= 0.3 is 17.3 Å².